The highest BCUT2D eigenvalue weighted by Gasteiger charge is 2.20. The lowest BCUT2D eigenvalue weighted by molar-refractivity contribution is 0.183. The third-order valence-electron chi connectivity index (χ3n) is 3.68. The van der Waals surface area contributed by atoms with Crippen LogP contribution in [0.4, 0.5) is 0 Å². The largest absolute Gasteiger partial charge is 0.507 e. The van der Waals surface area contributed by atoms with Crippen LogP contribution < -0.4 is 5.32 Å². The number of aryl methyl sites for hydroxylation is 1. The Hall–Kier alpha value is -1.06. The van der Waals surface area contributed by atoms with Crippen molar-refractivity contribution in [1.82, 2.24) is 10.2 Å². The van der Waals surface area contributed by atoms with Crippen LogP contribution >= 0.6 is 0 Å². The predicted molar refractivity (Wildman–Crippen MR) is 70.3 cm³/mol. The second-order valence-electron chi connectivity index (χ2n) is 4.67. The maximum Gasteiger partial charge on any atom is 0.123 e. The molecule has 1 heterocycles. The number of nitrogens with zero attached hydrogens (tertiary/aromatic N) is 1. The van der Waals surface area contributed by atoms with Gasteiger partial charge in [-0.25, -0.2) is 0 Å². The number of phenolic OH excluding ortho intramolecular Hbond substituents is 1. The van der Waals surface area contributed by atoms with Crippen molar-refractivity contribution >= 4 is 0 Å². The van der Waals surface area contributed by atoms with E-state index in [1.54, 1.807) is 0 Å². The van der Waals surface area contributed by atoms with E-state index in [9.17, 15) is 5.11 Å². The highest BCUT2D eigenvalue weighted by atomic mass is 16.3. The Morgan fingerprint density at radius 3 is 2.71 bits per heavy atom. The quantitative estimate of drug-likeness (QED) is 0.838. The van der Waals surface area contributed by atoms with Crippen molar-refractivity contribution in [3.05, 3.63) is 29.3 Å². The minimum absolute atomic E-state index is 0.295. The third kappa shape index (κ3) is 2.61. The van der Waals surface area contributed by atoms with E-state index in [1.165, 1.54) is 0 Å². The van der Waals surface area contributed by atoms with Crippen molar-refractivity contribution in [1.29, 1.82) is 0 Å². The zero-order chi connectivity index (χ0) is 12.3. The van der Waals surface area contributed by atoms with Crippen molar-refractivity contribution < 1.29 is 5.11 Å². The van der Waals surface area contributed by atoms with E-state index in [0.29, 0.717) is 11.8 Å². The van der Waals surface area contributed by atoms with Crippen molar-refractivity contribution in [2.75, 3.05) is 26.2 Å². The van der Waals surface area contributed by atoms with Gasteiger partial charge in [-0.1, -0.05) is 25.1 Å². The average molecular weight is 234 g/mol. The monoisotopic (exact) mass is 234 g/mol. The van der Waals surface area contributed by atoms with Crippen molar-refractivity contribution in [2.24, 2.45) is 0 Å². The molecule has 1 saturated heterocycles. The summed E-state index contributed by atoms with van der Waals surface area (Å²) in [5, 5.41) is 13.6. The molecule has 2 N–H and O–H groups in total. The number of benzene rings is 1. The number of nitrogens with one attached hydrogen (secondary N) is 1. The van der Waals surface area contributed by atoms with Crippen LogP contribution in [0.15, 0.2) is 18.2 Å². The fourth-order valence-corrected chi connectivity index (χ4v) is 2.50. The maximum atomic E-state index is 10.2. The molecule has 1 aliphatic heterocycles. The highest BCUT2D eigenvalue weighted by molar-refractivity contribution is 5.42. The first kappa shape index (κ1) is 12.4. The van der Waals surface area contributed by atoms with Gasteiger partial charge in [0.15, 0.2) is 0 Å². The molecule has 1 fully saturated rings. The first-order valence-corrected chi connectivity index (χ1v) is 6.49. The summed E-state index contributed by atoms with van der Waals surface area (Å²) < 4.78 is 0. The Bertz CT molecular complexity index is 372. The van der Waals surface area contributed by atoms with Gasteiger partial charge in [0.05, 0.1) is 0 Å². The number of para-hydroxylation sites is 1. The van der Waals surface area contributed by atoms with Crippen LogP contribution in [0.1, 0.15) is 31.0 Å². The highest BCUT2D eigenvalue weighted by Crippen LogP contribution is 2.31. The van der Waals surface area contributed by atoms with Gasteiger partial charge in [-0.05, 0) is 18.9 Å². The molecule has 0 unspecified atom stereocenters. The van der Waals surface area contributed by atoms with Gasteiger partial charge in [-0.3, -0.25) is 4.90 Å². The van der Waals surface area contributed by atoms with E-state index in [-0.39, 0.29) is 0 Å². The molecule has 1 aliphatic rings. The molecule has 1 aromatic rings. The van der Waals surface area contributed by atoms with Crippen molar-refractivity contribution in [3.8, 4) is 5.75 Å². The average Bonchev–Trinajstić information content (AvgIpc) is 2.39. The lowest BCUT2D eigenvalue weighted by Gasteiger charge is -2.33. The fraction of sp³-hybridized carbons (Fsp3) is 0.571. The zero-order valence-corrected chi connectivity index (χ0v) is 10.7. The third-order valence-corrected chi connectivity index (χ3v) is 3.68. The summed E-state index contributed by atoms with van der Waals surface area (Å²) in [6, 6.07) is 6.39. The van der Waals surface area contributed by atoms with Crippen LogP contribution in [0.3, 0.4) is 0 Å². The summed E-state index contributed by atoms with van der Waals surface area (Å²) >= 11 is 0. The van der Waals surface area contributed by atoms with Crippen LogP contribution in [0.2, 0.25) is 0 Å². The molecule has 0 saturated carbocycles. The second-order valence-corrected chi connectivity index (χ2v) is 4.67. The molecule has 94 valence electrons. The van der Waals surface area contributed by atoms with Crippen LogP contribution in [0.5, 0.6) is 5.75 Å². The number of rotatable bonds is 3. The summed E-state index contributed by atoms with van der Waals surface area (Å²) in [5.74, 6) is 0.487. The number of hydrogen-bond donors (Lipinski definition) is 2. The number of phenols is 1. The van der Waals surface area contributed by atoms with Gasteiger partial charge in [-0.2, -0.15) is 0 Å². The van der Waals surface area contributed by atoms with Crippen LogP contribution in [-0.2, 0) is 6.42 Å². The fourth-order valence-electron chi connectivity index (χ4n) is 2.50. The SMILES string of the molecule is CCc1cccc([C@H](C)N2CCNCC2)c1O. The van der Waals surface area contributed by atoms with Gasteiger partial charge in [0.1, 0.15) is 5.75 Å². The van der Waals surface area contributed by atoms with E-state index >= 15 is 0 Å². The molecule has 1 atom stereocenters. The maximum absolute atomic E-state index is 10.2. The van der Waals surface area contributed by atoms with Crippen LogP contribution in [0, 0.1) is 0 Å². The molecule has 3 nitrogen and oxygen atoms in total. The smallest absolute Gasteiger partial charge is 0.123 e. The summed E-state index contributed by atoms with van der Waals surface area (Å²) in [6.45, 7) is 8.44. The molecule has 0 spiro atoms. The van der Waals surface area contributed by atoms with Gasteiger partial charge in [0.2, 0.25) is 0 Å². The molecule has 0 amide bonds. The molecular weight excluding hydrogens is 212 g/mol. The zero-order valence-electron chi connectivity index (χ0n) is 10.7. The van der Waals surface area contributed by atoms with Gasteiger partial charge in [-0.15, -0.1) is 0 Å². The van der Waals surface area contributed by atoms with E-state index in [4.69, 9.17) is 0 Å². The molecular formula is C14H22N2O. The molecule has 3 heteroatoms. The summed E-state index contributed by atoms with van der Waals surface area (Å²) in [7, 11) is 0. The van der Waals surface area contributed by atoms with E-state index in [0.717, 1.165) is 43.7 Å². The number of piperazine rings is 1. The lowest BCUT2D eigenvalue weighted by atomic mass is 10.0. The number of aromatic hydroxyl groups is 1. The van der Waals surface area contributed by atoms with E-state index < -0.39 is 0 Å². The molecule has 0 aliphatic carbocycles. The molecule has 17 heavy (non-hydrogen) atoms. The molecule has 0 aromatic heterocycles. The Kier molecular flexibility index (Phi) is 4.02. The first-order valence-electron chi connectivity index (χ1n) is 6.49. The van der Waals surface area contributed by atoms with Gasteiger partial charge in [0.25, 0.3) is 0 Å². The summed E-state index contributed by atoms with van der Waals surface area (Å²) in [6.07, 6.45) is 0.883. The molecule has 1 aromatic carbocycles. The van der Waals surface area contributed by atoms with Crippen LogP contribution in [-0.4, -0.2) is 36.2 Å². The standard InChI is InChI=1S/C14H22N2O/c1-3-12-5-4-6-13(14(12)17)11(2)16-9-7-15-8-10-16/h4-6,11,15,17H,3,7-10H2,1-2H3/t11-/m0/s1. The summed E-state index contributed by atoms with van der Waals surface area (Å²) in [4.78, 5) is 2.42. The topological polar surface area (TPSA) is 35.5 Å². The molecule has 0 bridgehead atoms. The molecule has 2 rings (SSSR count). The Labute approximate surface area is 103 Å². The van der Waals surface area contributed by atoms with Crippen LogP contribution in [0.25, 0.3) is 0 Å². The Morgan fingerprint density at radius 1 is 1.35 bits per heavy atom. The second kappa shape index (κ2) is 5.52. The Balaban J connectivity index is 2.20. The van der Waals surface area contributed by atoms with E-state index in [1.807, 2.05) is 18.2 Å². The predicted octanol–water partition coefficient (Wildman–Crippen LogP) is 1.92. The van der Waals surface area contributed by atoms with E-state index in [2.05, 4.69) is 24.1 Å². The normalized spacial score (nSPS) is 19.2. The first-order chi connectivity index (χ1) is 8.24. The minimum Gasteiger partial charge on any atom is -0.507 e. The van der Waals surface area contributed by atoms with Crippen molar-refractivity contribution in [3.63, 3.8) is 0 Å². The number of hydrogen-bond acceptors (Lipinski definition) is 3. The summed E-state index contributed by atoms with van der Waals surface area (Å²) in [5.41, 5.74) is 2.11. The van der Waals surface area contributed by atoms with Gasteiger partial charge >= 0.3 is 0 Å². The van der Waals surface area contributed by atoms with Gasteiger partial charge in [0, 0.05) is 37.8 Å². The van der Waals surface area contributed by atoms with Crippen molar-refractivity contribution in [2.45, 2.75) is 26.3 Å². The van der Waals surface area contributed by atoms with Gasteiger partial charge < -0.3 is 10.4 Å². The minimum atomic E-state index is 0.295. The molecule has 0 radical (unpaired) electrons. The Morgan fingerprint density at radius 2 is 2.06 bits per heavy atom. The lowest BCUT2D eigenvalue weighted by Crippen LogP contribution is -2.44.